The summed E-state index contributed by atoms with van der Waals surface area (Å²) in [5.74, 6) is 1.12. The van der Waals surface area contributed by atoms with E-state index in [9.17, 15) is 9.18 Å². The lowest BCUT2D eigenvalue weighted by atomic mass is 10.2. The van der Waals surface area contributed by atoms with Gasteiger partial charge in [-0.2, -0.15) is 0 Å². The Hall–Kier alpha value is -2.56. The molecule has 0 fully saturated rings. The molecule has 0 heterocycles. The van der Waals surface area contributed by atoms with Crippen LogP contribution >= 0.6 is 24.0 Å². The van der Waals surface area contributed by atoms with Gasteiger partial charge < -0.3 is 25.4 Å². The highest BCUT2D eigenvalue weighted by molar-refractivity contribution is 14.0. The molecule has 0 saturated heterocycles. The average molecular weight is 530 g/mol. The van der Waals surface area contributed by atoms with Crippen molar-refractivity contribution in [3.8, 4) is 11.5 Å². The lowest BCUT2D eigenvalue weighted by Gasteiger charge is -2.14. The molecule has 164 valence electrons. The normalized spacial score (nSPS) is 10.6. The van der Waals surface area contributed by atoms with E-state index in [0.717, 1.165) is 5.56 Å². The first-order valence-electron chi connectivity index (χ1n) is 9.31. The standard InChI is InChI=1S/C21H27FN4O3.HI/c1-4-24-20(27)14-29-18-10-9-15(11-19(18)28-3)12-25-21(23-2)26-13-16-7-5-6-8-17(16)22;/h5-11H,4,12-14H2,1-3H3,(H,24,27)(H2,23,25,26);1H. The number of rotatable bonds is 9. The molecular weight excluding hydrogens is 502 g/mol. The third kappa shape index (κ3) is 8.05. The van der Waals surface area contributed by atoms with Crippen LogP contribution in [0.15, 0.2) is 47.5 Å². The number of ether oxygens (including phenoxy) is 2. The summed E-state index contributed by atoms with van der Waals surface area (Å²) < 4.78 is 24.6. The maximum absolute atomic E-state index is 13.7. The number of hydrogen-bond donors (Lipinski definition) is 3. The molecule has 2 aromatic rings. The van der Waals surface area contributed by atoms with E-state index < -0.39 is 0 Å². The van der Waals surface area contributed by atoms with Crippen LogP contribution < -0.4 is 25.4 Å². The van der Waals surface area contributed by atoms with Gasteiger partial charge in [0.05, 0.1) is 7.11 Å². The Bertz CT molecular complexity index is 849. The fourth-order valence-electron chi connectivity index (χ4n) is 2.56. The molecule has 0 atom stereocenters. The van der Waals surface area contributed by atoms with Crippen molar-refractivity contribution in [3.05, 3.63) is 59.4 Å². The first kappa shape index (κ1) is 25.5. The number of methoxy groups -OCH3 is 1. The zero-order valence-electron chi connectivity index (χ0n) is 17.3. The second-order valence-corrected chi connectivity index (χ2v) is 6.10. The molecule has 0 bridgehead atoms. The van der Waals surface area contributed by atoms with Crippen LogP contribution in [0, 0.1) is 5.82 Å². The molecule has 1 amide bonds. The van der Waals surface area contributed by atoms with Crippen molar-refractivity contribution >= 4 is 35.8 Å². The molecule has 0 aliphatic rings. The maximum Gasteiger partial charge on any atom is 0.257 e. The summed E-state index contributed by atoms with van der Waals surface area (Å²) in [5.41, 5.74) is 1.49. The first-order chi connectivity index (χ1) is 14.1. The number of nitrogens with zero attached hydrogens (tertiary/aromatic N) is 1. The van der Waals surface area contributed by atoms with Crippen LogP contribution in [0.2, 0.25) is 0 Å². The number of aliphatic imine (C=N–C) groups is 1. The predicted molar refractivity (Wildman–Crippen MR) is 126 cm³/mol. The van der Waals surface area contributed by atoms with Crippen molar-refractivity contribution in [2.45, 2.75) is 20.0 Å². The smallest absolute Gasteiger partial charge is 0.257 e. The van der Waals surface area contributed by atoms with E-state index in [4.69, 9.17) is 9.47 Å². The van der Waals surface area contributed by atoms with Crippen LogP contribution in [0.5, 0.6) is 11.5 Å². The zero-order chi connectivity index (χ0) is 21.1. The van der Waals surface area contributed by atoms with Gasteiger partial charge in [0.15, 0.2) is 24.1 Å². The third-order valence-corrected chi connectivity index (χ3v) is 4.05. The number of carbonyl (C=O) groups excluding carboxylic acids is 1. The van der Waals surface area contributed by atoms with Crippen molar-refractivity contribution in [1.29, 1.82) is 0 Å². The highest BCUT2D eigenvalue weighted by atomic mass is 127. The molecule has 2 aromatic carbocycles. The predicted octanol–water partition coefficient (Wildman–Crippen LogP) is 2.83. The molecule has 3 N–H and O–H groups in total. The van der Waals surface area contributed by atoms with Gasteiger partial charge in [-0.25, -0.2) is 4.39 Å². The number of benzene rings is 2. The van der Waals surface area contributed by atoms with Gasteiger partial charge in [0.1, 0.15) is 5.82 Å². The van der Waals surface area contributed by atoms with Crippen LogP contribution in [0.3, 0.4) is 0 Å². The van der Waals surface area contributed by atoms with Crippen molar-refractivity contribution in [2.24, 2.45) is 4.99 Å². The zero-order valence-corrected chi connectivity index (χ0v) is 19.7. The summed E-state index contributed by atoms with van der Waals surface area (Å²) in [4.78, 5) is 15.7. The van der Waals surface area contributed by atoms with E-state index in [1.807, 2.05) is 19.1 Å². The maximum atomic E-state index is 13.7. The van der Waals surface area contributed by atoms with Crippen LogP contribution in [-0.4, -0.2) is 39.2 Å². The Morgan fingerprint density at radius 1 is 1.07 bits per heavy atom. The molecule has 30 heavy (non-hydrogen) atoms. The fourth-order valence-corrected chi connectivity index (χ4v) is 2.56. The van der Waals surface area contributed by atoms with E-state index in [0.29, 0.717) is 42.7 Å². The Morgan fingerprint density at radius 3 is 2.47 bits per heavy atom. The minimum absolute atomic E-state index is 0. The van der Waals surface area contributed by atoms with Crippen molar-refractivity contribution in [2.75, 3.05) is 27.3 Å². The van der Waals surface area contributed by atoms with Gasteiger partial charge in [-0.15, -0.1) is 24.0 Å². The Kier molecular flexibility index (Phi) is 11.6. The van der Waals surface area contributed by atoms with E-state index in [1.54, 1.807) is 38.4 Å². The molecule has 2 rings (SSSR count). The minimum atomic E-state index is -0.261. The molecule has 0 unspecified atom stereocenters. The van der Waals surface area contributed by atoms with Crippen LogP contribution in [-0.2, 0) is 17.9 Å². The SMILES string of the molecule is CCNC(=O)COc1ccc(CNC(=NC)NCc2ccccc2F)cc1OC.I. The summed E-state index contributed by atoms with van der Waals surface area (Å²) in [5, 5.41) is 8.92. The molecule has 7 nitrogen and oxygen atoms in total. The molecule has 9 heteroatoms. The summed E-state index contributed by atoms with van der Waals surface area (Å²) in [6.07, 6.45) is 0. The number of likely N-dealkylation sites (N-methyl/N-ethyl adjacent to an activating group) is 1. The molecule has 0 aromatic heterocycles. The number of amides is 1. The lowest BCUT2D eigenvalue weighted by Crippen LogP contribution is -2.36. The van der Waals surface area contributed by atoms with Crippen LogP contribution in [0.1, 0.15) is 18.1 Å². The molecular formula is C21H28FIN4O3. The van der Waals surface area contributed by atoms with Gasteiger partial charge >= 0.3 is 0 Å². The number of guanidine groups is 1. The second-order valence-electron chi connectivity index (χ2n) is 6.10. The van der Waals surface area contributed by atoms with E-state index in [-0.39, 0.29) is 42.3 Å². The Labute approximate surface area is 193 Å². The molecule has 0 spiro atoms. The van der Waals surface area contributed by atoms with Crippen molar-refractivity contribution < 1.29 is 18.7 Å². The monoisotopic (exact) mass is 530 g/mol. The number of halogens is 2. The number of carbonyl (C=O) groups is 1. The van der Waals surface area contributed by atoms with Gasteiger partial charge in [0, 0.05) is 32.2 Å². The van der Waals surface area contributed by atoms with Gasteiger partial charge in [-0.1, -0.05) is 24.3 Å². The van der Waals surface area contributed by atoms with Gasteiger partial charge in [0.2, 0.25) is 0 Å². The van der Waals surface area contributed by atoms with Crippen LogP contribution in [0.25, 0.3) is 0 Å². The largest absolute Gasteiger partial charge is 0.493 e. The Morgan fingerprint density at radius 2 is 1.80 bits per heavy atom. The third-order valence-electron chi connectivity index (χ3n) is 4.05. The molecule has 0 aliphatic carbocycles. The lowest BCUT2D eigenvalue weighted by molar-refractivity contribution is -0.123. The van der Waals surface area contributed by atoms with Gasteiger partial charge in [-0.05, 0) is 30.7 Å². The second kappa shape index (κ2) is 13.6. The Balaban J connectivity index is 0.00000450. The van der Waals surface area contributed by atoms with Crippen molar-refractivity contribution in [1.82, 2.24) is 16.0 Å². The van der Waals surface area contributed by atoms with E-state index >= 15 is 0 Å². The quantitative estimate of drug-likeness (QED) is 0.264. The minimum Gasteiger partial charge on any atom is -0.493 e. The molecule has 0 radical (unpaired) electrons. The average Bonchev–Trinajstić information content (AvgIpc) is 2.74. The summed E-state index contributed by atoms with van der Waals surface area (Å²) >= 11 is 0. The molecule has 0 aliphatic heterocycles. The first-order valence-corrected chi connectivity index (χ1v) is 9.31. The fraction of sp³-hybridized carbons (Fsp3) is 0.333. The summed E-state index contributed by atoms with van der Waals surface area (Å²) in [7, 11) is 3.19. The number of hydrogen-bond acceptors (Lipinski definition) is 4. The number of nitrogens with one attached hydrogen (secondary N) is 3. The highest BCUT2D eigenvalue weighted by Crippen LogP contribution is 2.28. The highest BCUT2D eigenvalue weighted by Gasteiger charge is 2.09. The molecule has 0 saturated carbocycles. The topological polar surface area (TPSA) is 84.0 Å². The van der Waals surface area contributed by atoms with Crippen molar-refractivity contribution in [3.63, 3.8) is 0 Å². The van der Waals surface area contributed by atoms with Gasteiger partial charge in [0.25, 0.3) is 5.91 Å². The van der Waals surface area contributed by atoms with E-state index in [1.165, 1.54) is 6.07 Å². The summed E-state index contributed by atoms with van der Waals surface area (Å²) in [6.45, 7) is 3.12. The van der Waals surface area contributed by atoms with Crippen LogP contribution in [0.4, 0.5) is 4.39 Å². The summed E-state index contributed by atoms with van der Waals surface area (Å²) in [6, 6.07) is 12.0. The van der Waals surface area contributed by atoms with E-state index in [2.05, 4.69) is 20.9 Å². The van der Waals surface area contributed by atoms with Gasteiger partial charge in [-0.3, -0.25) is 9.79 Å².